The Balaban J connectivity index is 2.25. The van der Waals surface area contributed by atoms with E-state index >= 15 is 0 Å². The molecule has 1 rings (SSSR count). The van der Waals surface area contributed by atoms with Gasteiger partial charge >= 0.3 is 0 Å². The van der Waals surface area contributed by atoms with Crippen LogP contribution in [-0.2, 0) is 4.79 Å². The number of amides is 1. The molecule has 0 aromatic rings. The number of rotatable bonds is 5. The van der Waals surface area contributed by atoms with Crippen molar-refractivity contribution < 1.29 is 10.0 Å². The molecule has 6 N–H and O–H groups in total. The molecule has 1 saturated carbocycles. The number of oxime groups is 1. The van der Waals surface area contributed by atoms with Crippen LogP contribution in [0.2, 0.25) is 0 Å². The molecule has 0 aliphatic heterocycles. The van der Waals surface area contributed by atoms with E-state index in [0.717, 1.165) is 25.7 Å². The van der Waals surface area contributed by atoms with Gasteiger partial charge in [-0.15, -0.1) is 0 Å². The highest BCUT2D eigenvalue weighted by Crippen LogP contribution is 2.23. The van der Waals surface area contributed by atoms with Gasteiger partial charge in [-0.3, -0.25) is 4.79 Å². The van der Waals surface area contributed by atoms with Gasteiger partial charge in [0.15, 0.2) is 0 Å². The smallest absolute Gasteiger partial charge is 0.220 e. The molecule has 1 aliphatic rings. The van der Waals surface area contributed by atoms with E-state index in [9.17, 15) is 4.79 Å². The summed E-state index contributed by atoms with van der Waals surface area (Å²) in [5.74, 6) is 0.0974. The second-order valence-electron chi connectivity index (χ2n) is 4.79. The Morgan fingerprint density at radius 2 is 2.00 bits per heavy atom. The second kappa shape index (κ2) is 6.44. The maximum Gasteiger partial charge on any atom is 0.220 e. The zero-order chi connectivity index (χ0) is 12.8. The van der Waals surface area contributed by atoms with Gasteiger partial charge in [0.25, 0.3) is 0 Å². The monoisotopic (exact) mass is 242 g/mol. The molecule has 1 atom stereocenters. The van der Waals surface area contributed by atoms with E-state index < -0.39 is 0 Å². The Labute approximate surface area is 101 Å². The normalized spacial score (nSPS) is 27.7. The lowest BCUT2D eigenvalue weighted by atomic mass is 9.85. The van der Waals surface area contributed by atoms with Crippen LogP contribution in [0, 0.1) is 11.8 Å². The minimum absolute atomic E-state index is 0.00821. The number of nitrogens with one attached hydrogen (secondary N) is 1. The quantitative estimate of drug-likeness (QED) is 0.235. The molecule has 17 heavy (non-hydrogen) atoms. The third-order valence-electron chi connectivity index (χ3n) is 3.46. The van der Waals surface area contributed by atoms with Crippen molar-refractivity contribution in [2.45, 2.75) is 38.6 Å². The third-order valence-corrected chi connectivity index (χ3v) is 3.46. The molecule has 0 aromatic carbocycles. The van der Waals surface area contributed by atoms with E-state index in [-0.39, 0.29) is 23.6 Å². The van der Waals surface area contributed by atoms with Crippen LogP contribution in [0.5, 0.6) is 0 Å². The van der Waals surface area contributed by atoms with Crippen molar-refractivity contribution in [1.29, 1.82) is 0 Å². The van der Waals surface area contributed by atoms with E-state index in [1.165, 1.54) is 0 Å². The lowest BCUT2D eigenvalue weighted by Gasteiger charge is -2.28. The average Bonchev–Trinajstić information content (AvgIpc) is 2.35. The summed E-state index contributed by atoms with van der Waals surface area (Å²) < 4.78 is 0. The number of hydrogen-bond acceptors (Lipinski definition) is 4. The van der Waals surface area contributed by atoms with E-state index in [1.54, 1.807) is 0 Å². The van der Waals surface area contributed by atoms with Gasteiger partial charge in [-0.1, -0.05) is 12.1 Å². The van der Waals surface area contributed by atoms with Crippen LogP contribution in [0.25, 0.3) is 0 Å². The van der Waals surface area contributed by atoms with Gasteiger partial charge in [0, 0.05) is 24.4 Å². The Kier molecular flexibility index (Phi) is 5.21. The van der Waals surface area contributed by atoms with Gasteiger partial charge in [0.2, 0.25) is 5.91 Å². The minimum Gasteiger partial charge on any atom is -0.409 e. The topological polar surface area (TPSA) is 114 Å². The van der Waals surface area contributed by atoms with Crippen LogP contribution in [0.4, 0.5) is 0 Å². The predicted molar refractivity (Wildman–Crippen MR) is 65.5 cm³/mol. The van der Waals surface area contributed by atoms with Gasteiger partial charge in [-0.2, -0.15) is 0 Å². The summed E-state index contributed by atoms with van der Waals surface area (Å²) >= 11 is 0. The fourth-order valence-electron chi connectivity index (χ4n) is 2.13. The summed E-state index contributed by atoms with van der Waals surface area (Å²) in [5, 5.41) is 14.9. The molecule has 6 heteroatoms. The Hall–Kier alpha value is -1.30. The van der Waals surface area contributed by atoms with E-state index in [0.29, 0.717) is 12.6 Å². The fraction of sp³-hybridized carbons (Fsp3) is 0.818. The summed E-state index contributed by atoms with van der Waals surface area (Å²) in [6, 6.07) is 0.402. The van der Waals surface area contributed by atoms with E-state index in [4.69, 9.17) is 16.7 Å². The summed E-state index contributed by atoms with van der Waals surface area (Å²) in [4.78, 5) is 11.0. The molecular formula is C11H22N4O2. The first-order valence-corrected chi connectivity index (χ1v) is 6.04. The highest BCUT2D eigenvalue weighted by molar-refractivity contribution is 5.82. The molecular weight excluding hydrogens is 220 g/mol. The molecule has 0 aromatic heterocycles. The van der Waals surface area contributed by atoms with Crippen LogP contribution in [-0.4, -0.2) is 29.5 Å². The number of nitrogens with two attached hydrogens (primary N) is 2. The molecule has 1 fully saturated rings. The van der Waals surface area contributed by atoms with Crippen LogP contribution in [0.1, 0.15) is 32.6 Å². The molecule has 1 unspecified atom stereocenters. The highest BCUT2D eigenvalue weighted by atomic mass is 16.4. The number of carbonyl (C=O) groups excluding carboxylic acids is 1. The predicted octanol–water partition coefficient (Wildman–Crippen LogP) is 0.00260. The van der Waals surface area contributed by atoms with E-state index in [2.05, 4.69) is 10.5 Å². The Bertz CT molecular complexity index is 285. The SMILES string of the molecule is CC(CNC1CCC(C(N)=O)CC1)C(N)=NO. The first-order chi connectivity index (χ1) is 8.04. The molecule has 0 saturated heterocycles. The lowest BCUT2D eigenvalue weighted by molar-refractivity contribution is -0.122. The first-order valence-electron chi connectivity index (χ1n) is 6.04. The van der Waals surface area contributed by atoms with Crippen molar-refractivity contribution >= 4 is 11.7 Å². The van der Waals surface area contributed by atoms with Crippen molar-refractivity contribution in [1.82, 2.24) is 5.32 Å². The van der Waals surface area contributed by atoms with Gasteiger partial charge < -0.3 is 22.0 Å². The van der Waals surface area contributed by atoms with Crippen LogP contribution >= 0.6 is 0 Å². The van der Waals surface area contributed by atoms with Gasteiger partial charge in [-0.05, 0) is 25.7 Å². The Morgan fingerprint density at radius 3 is 2.47 bits per heavy atom. The van der Waals surface area contributed by atoms with Crippen molar-refractivity contribution in [2.75, 3.05) is 6.54 Å². The summed E-state index contributed by atoms with van der Waals surface area (Å²) in [6.45, 7) is 2.58. The standard InChI is InChI=1S/C11H22N4O2/c1-7(10(12)15-17)6-14-9-4-2-8(3-5-9)11(13)16/h7-9,14,17H,2-6H2,1H3,(H2,12,15)(H2,13,16). The lowest BCUT2D eigenvalue weighted by Crippen LogP contribution is -2.40. The van der Waals surface area contributed by atoms with Gasteiger partial charge in [0.1, 0.15) is 5.84 Å². The van der Waals surface area contributed by atoms with Crippen molar-refractivity contribution in [3.63, 3.8) is 0 Å². The Morgan fingerprint density at radius 1 is 1.41 bits per heavy atom. The van der Waals surface area contributed by atoms with Gasteiger partial charge in [-0.25, -0.2) is 0 Å². The summed E-state index contributed by atoms with van der Waals surface area (Å²) in [7, 11) is 0. The molecule has 1 aliphatic carbocycles. The average molecular weight is 242 g/mol. The van der Waals surface area contributed by atoms with Gasteiger partial charge in [0.05, 0.1) is 0 Å². The second-order valence-corrected chi connectivity index (χ2v) is 4.79. The number of carbonyl (C=O) groups is 1. The maximum atomic E-state index is 11.0. The van der Waals surface area contributed by atoms with Crippen molar-refractivity contribution in [3.8, 4) is 0 Å². The van der Waals surface area contributed by atoms with Crippen molar-refractivity contribution in [3.05, 3.63) is 0 Å². The summed E-state index contributed by atoms with van der Waals surface area (Å²) in [6.07, 6.45) is 3.61. The fourth-order valence-corrected chi connectivity index (χ4v) is 2.13. The highest BCUT2D eigenvalue weighted by Gasteiger charge is 2.24. The van der Waals surface area contributed by atoms with Crippen molar-refractivity contribution in [2.24, 2.45) is 28.5 Å². The van der Waals surface area contributed by atoms with E-state index in [1.807, 2.05) is 6.92 Å². The number of amidine groups is 1. The largest absolute Gasteiger partial charge is 0.409 e. The first kappa shape index (κ1) is 13.8. The number of hydrogen-bond donors (Lipinski definition) is 4. The number of nitrogens with zero attached hydrogens (tertiary/aromatic N) is 1. The third kappa shape index (κ3) is 4.22. The molecule has 0 radical (unpaired) electrons. The minimum atomic E-state index is -0.187. The maximum absolute atomic E-state index is 11.0. The van der Waals surface area contributed by atoms with Crippen LogP contribution in [0.15, 0.2) is 5.16 Å². The zero-order valence-corrected chi connectivity index (χ0v) is 10.2. The molecule has 0 heterocycles. The van der Waals surface area contributed by atoms with Crippen LogP contribution < -0.4 is 16.8 Å². The molecule has 1 amide bonds. The number of primary amides is 1. The molecule has 0 spiro atoms. The summed E-state index contributed by atoms with van der Waals surface area (Å²) in [5.41, 5.74) is 10.8. The molecule has 0 bridgehead atoms. The molecule has 6 nitrogen and oxygen atoms in total. The van der Waals surface area contributed by atoms with Crippen LogP contribution in [0.3, 0.4) is 0 Å². The zero-order valence-electron chi connectivity index (χ0n) is 10.2. The molecule has 98 valence electrons.